The van der Waals surface area contributed by atoms with Gasteiger partial charge < -0.3 is 23.9 Å². The molecule has 0 fully saturated rings. The van der Waals surface area contributed by atoms with Crippen LogP contribution in [0.4, 0.5) is 11.4 Å². The summed E-state index contributed by atoms with van der Waals surface area (Å²) in [6, 6.07) is 18.3. The molecule has 0 amide bonds. The van der Waals surface area contributed by atoms with Crippen molar-refractivity contribution in [3.05, 3.63) is 65.7 Å². The third-order valence-electron chi connectivity index (χ3n) is 4.96. The highest BCUT2D eigenvalue weighted by molar-refractivity contribution is 5.89. The minimum Gasteiger partial charge on any atom is -1.00 e. The van der Waals surface area contributed by atoms with E-state index in [9.17, 15) is 0 Å². The fourth-order valence-corrected chi connectivity index (χ4v) is 3.68. The van der Waals surface area contributed by atoms with Gasteiger partial charge in [-0.05, 0) is 36.6 Å². The number of aryl methyl sites for hydroxylation is 2. The maximum absolute atomic E-state index is 6.53. The zero-order chi connectivity index (χ0) is 18.3. The lowest BCUT2D eigenvalue weighted by atomic mass is 10.00. The van der Waals surface area contributed by atoms with Gasteiger partial charge in [0, 0.05) is 35.1 Å². The first-order valence-corrected chi connectivity index (χ1v) is 9.04. The minimum absolute atomic E-state index is 0. The fraction of sp³-hybridized carbons (Fsp3) is 0.182. The Morgan fingerprint density at radius 1 is 0.889 bits per heavy atom. The molecule has 0 aliphatic rings. The van der Waals surface area contributed by atoms with E-state index >= 15 is 0 Å². The van der Waals surface area contributed by atoms with Crippen LogP contribution in [-0.2, 0) is 12.8 Å². The van der Waals surface area contributed by atoms with E-state index in [-0.39, 0.29) is 12.4 Å². The number of benzene rings is 3. The molecule has 0 atom stereocenters. The lowest BCUT2D eigenvalue weighted by molar-refractivity contribution is -0.538. The van der Waals surface area contributed by atoms with E-state index in [1.165, 1.54) is 0 Å². The molecule has 4 N–H and O–H groups in total. The molecule has 5 heteroatoms. The number of nitrogens with zero attached hydrogens (tertiary/aromatic N) is 2. The standard InChI is InChI=1S/C22H22N4.ClH/c1-3-14-12-19-22(17(4-2)21(14)24)26(16-8-6-5-7-9-16)20-13-15(23)10-11-18(20)25-19;/h5-13H,3-4H2,1-2H3,(H3,23,24);1H. The zero-order valence-electron chi connectivity index (χ0n) is 15.5. The van der Waals surface area contributed by atoms with E-state index < -0.39 is 0 Å². The normalized spacial score (nSPS) is 10.9. The SMILES string of the molecule is CCc1cc2nc3ccc(N)cc3[n+](-c3ccccc3)c2c(CC)c1N.[Cl-]. The molecule has 0 saturated heterocycles. The van der Waals surface area contributed by atoms with Gasteiger partial charge in [-0.1, -0.05) is 32.0 Å². The summed E-state index contributed by atoms with van der Waals surface area (Å²) < 4.78 is 2.24. The number of hydrogen-bond acceptors (Lipinski definition) is 3. The maximum atomic E-state index is 6.53. The Hall–Kier alpha value is -2.85. The fourth-order valence-electron chi connectivity index (χ4n) is 3.68. The van der Waals surface area contributed by atoms with Crippen LogP contribution in [0.3, 0.4) is 0 Å². The summed E-state index contributed by atoms with van der Waals surface area (Å²) in [5, 5.41) is 0. The van der Waals surface area contributed by atoms with E-state index in [4.69, 9.17) is 16.5 Å². The van der Waals surface area contributed by atoms with Gasteiger partial charge in [-0.15, -0.1) is 4.57 Å². The summed E-state index contributed by atoms with van der Waals surface area (Å²) in [4.78, 5) is 4.93. The van der Waals surface area contributed by atoms with Crippen LogP contribution < -0.4 is 28.4 Å². The third kappa shape index (κ3) is 3.06. The highest BCUT2D eigenvalue weighted by Crippen LogP contribution is 2.29. The Balaban J connectivity index is 0.00000210. The highest BCUT2D eigenvalue weighted by Gasteiger charge is 2.24. The van der Waals surface area contributed by atoms with Crippen molar-refractivity contribution in [2.45, 2.75) is 26.7 Å². The number of hydrogen-bond donors (Lipinski definition) is 2. The monoisotopic (exact) mass is 378 g/mol. The number of nitrogens with two attached hydrogens (primary N) is 2. The van der Waals surface area contributed by atoms with Crippen LogP contribution in [-0.4, -0.2) is 4.98 Å². The number of rotatable bonds is 3. The second-order valence-electron chi connectivity index (χ2n) is 6.53. The molecule has 4 aromatic rings. The van der Waals surface area contributed by atoms with Crippen LogP contribution in [0.15, 0.2) is 54.6 Å². The van der Waals surface area contributed by atoms with Crippen LogP contribution >= 0.6 is 0 Å². The molecule has 0 spiro atoms. The predicted octanol–water partition coefficient (Wildman–Crippen LogP) is 0.958. The summed E-state index contributed by atoms with van der Waals surface area (Å²) in [6.45, 7) is 4.27. The van der Waals surface area contributed by atoms with Crippen LogP contribution in [0.5, 0.6) is 0 Å². The quantitative estimate of drug-likeness (QED) is 0.317. The van der Waals surface area contributed by atoms with Crippen LogP contribution in [0, 0.1) is 0 Å². The molecule has 138 valence electrons. The molecule has 0 aliphatic carbocycles. The van der Waals surface area contributed by atoms with Crippen molar-refractivity contribution < 1.29 is 17.0 Å². The Labute approximate surface area is 165 Å². The Morgan fingerprint density at radius 3 is 2.30 bits per heavy atom. The average Bonchev–Trinajstić information content (AvgIpc) is 2.67. The number of nitrogen functional groups attached to an aromatic ring is 2. The van der Waals surface area contributed by atoms with Crippen LogP contribution in [0.1, 0.15) is 25.0 Å². The van der Waals surface area contributed by atoms with Gasteiger partial charge in [0.05, 0.1) is 0 Å². The van der Waals surface area contributed by atoms with Gasteiger partial charge in [-0.2, -0.15) is 0 Å². The molecule has 0 radical (unpaired) electrons. The zero-order valence-corrected chi connectivity index (χ0v) is 16.3. The highest BCUT2D eigenvalue weighted by atomic mass is 35.5. The second kappa shape index (κ2) is 7.41. The smallest absolute Gasteiger partial charge is 0.242 e. The van der Waals surface area contributed by atoms with E-state index in [1.54, 1.807) is 0 Å². The molecule has 3 aromatic carbocycles. The van der Waals surface area contributed by atoms with Gasteiger partial charge in [-0.3, -0.25) is 0 Å². The van der Waals surface area contributed by atoms with Gasteiger partial charge in [-0.25, -0.2) is 4.98 Å². The topological polar surface area (TPSA) is 68.8 Å². The average molecular weight is 379 g/mol. The minimum atomic E-state index is 0. The molecule has 0 bridgehead atoms. The number of para-hydroxylation sites is 1. The van der Waals surface area contributed by atoms with E-state index in [1.807, 2.05) is 36.4 Å². The third-order valence-corrected chi connectivity index (χ3v) is 4.96. The van der Waals surface area contributed by atoms with Crippen molar-refractivity contribution in [3.8, 4) is 5.69 Å². The van der Waals surface area contributed by atoms with E-state index in [2.05, 4.69) is 36.6 Å². The van der Waals surface area contributed by atoms with Crippen LogP contribution in [0.25, 0.3) is 27.8 Å². The summed E-state index contributed by atoms with van der Waals surface area (Å²) in [7, 11) is 0. The number of fused-ring (bicyclic) bond motifs is 2. The lowest BCUT2D eigenvalue weighted by Gasteiger charge is -2.13. The number of aromatic nitrogens is 2. The molecule has 4 rings (SSSR count). The Bertz CT molecular complexity index is 1120. The summed E-state index contributed by atoms with van der Waals surface area (Å²) in [6.07, 6.45) is 1.74. The first-order valence-electron chi connectivity index (χ1n) is 9.04. The summed E-state index contributed by atoms with van der Waals surface area (Å²) in [5.74, 6) is 0. The summed E-state index contributed by atoms with van der Waals surface area (Å²) in [5.41, 5.74) is 21.5. The first-order chi connectivity index (χ1) is 12.6. The molecular weight excluding hydrogens is 356 g/mol. The second-order valence-corrected chi connectivity index (χ2v) is 6.53. The lowest BCUT2D eigenvalue weighted by Crippen LogP contribution is -3.00. The Kier molecular flexibility index (Phi) is 5.19. The molecule has 1 heterocycles. The van der Waals surface area contributed by atoms with Gasteiger partial charge in [0.2, 0.25) is 16.7 Å². The first kappa shape index (κ1) is 18.9. The van der Waals surface area contributed by atoms with Crippen LogP contribution in [0.2, 0.25) is 0 Å². The van der Waals surface area contributed by atoms with E-state index in [0.29, 0.717) is 0 Å². The van der Waals surface area contributed by atoms with Gasteiger partial charge in [0.25, 0.3) is 0 Å². The molecule has 1 aromatic heterocycles. The molecular formula is C22H23ClN4. The number of anilines is 2. The van der Waals surface area contributed by atoms with Gasteiger partial charge >= 0.3 is 0 Å². The summed E-state index contributed by atoms with van der Waals surface area (Å²) >= 11 is 0. The molecule has 0 unspecified atom stereocenters. The Morgan fingerprint density at radius 2 is 1.63 bits per heavy atom. The van der Waals surface area contributed by atoms with Crippen molar-refractivity contribution in [3.63, 3.8) is 0 Å². The number of halogens is 1. The van der Waals surface area contributed by atoms with Crippen molar-refractivity contribution in [1.29, 1.82) is 0 Å². The predicted molar refractivity (Wildman–Crippen MR) is 108 cm³/mol. The maximum Gasteiger partial charge on any atom is 0.242 e. The molecule has 27 heavy (non-hydrogen) atoms. The largest absolute Gasteiger partial charge is 1.00 e. The van der Waals surface area contributed by atoms with Crippen molar-refractivity contribution in [2.24, 2.45) is 0 Å². The molecule has 0 aliphatic heterocycles. The van der Waals surface area contributed by atoms with Gasteiger partial charge in [0.15, 0.2) is 0 Å². The van der Waals surface area contributed by atoms with Crippen molar-refractivity contribution in [1.82, 2.24) is 4.98 Å². The molecule has 4 nitrogen and oxygen atoms in total. The van der Waals surface area contributed by atoms with Crippen molar-refractivity contribution >= 4 is 33.4 Å². The van der Waals surface area contributed by atoms with E-state index in [0.717, 1.165) is 63.1 Å². The molecule has 0 saturated carbocycles. The van der Waals surface area contributed by atoms with Crippen molar-refractivity contribution in [2.75, 3.05) is 11.5 Å². The van der Waals surface area contributed by atoms with Gasteiger partial charge in [0.1, 0.15) is 11.0 Å².